The highest BCUT2D eigenvalue weighted by molar-refractivity contribution is 6.00. The van der Waals surface area contributed by atoms with Gasteiger partial charge in [0, 0.05) is 19.6 Å². The largest absolute Gasteiger partial charge is 0.508 e. The van der Waals surface area contributed by atoms with E-state index in [2.05, 4.69) is 5.16 Å². The molecule has 0 aliphatic carbocycles. The molecule has 0 unspecified atom stereocenters. The molecule has 20 heavy (non-hydrogen) atoms. The van der Waals surface area contributed by atoms with Crippen LogP contribution >= 0.6 is 0 Å². The van der Waals surface area contributed by atoms with Gasteiger partial charge in [-0.15, -0.1) is 0 Å². The van der Waals surface area contributed by atoms with E-state index in [1.807, 2.05) is 30.3 Å². The molecule has 1 N–H and O–H groups in total. The fourth-order valence-electron chi connectivity index (χ4n) is 1.72. The van der Waals surface area contributed by atoms with Gasteiger partial charge in [-0.05, 0) is 17.7 Å². The second kappa shape index (κ2) is 7.31. The first-order chi connectivity index (χ1) is 9.79. The molecule has 0 saturated carbocycles. The molecular formula is C16H17NO3. The van der Waals surface area contributed by atoms with Crippen molar-refractivity contribution in [1.29, 1.82) is 0 Å². The van der Waals surface area contributed by atoms with E-state index in [-0.39, 0.29) is 5.75 Å². The SMILES string of the molecule is COCC/C(=N\Oc1cccc(O)c1)c1ccccc1. The number of benzene rings is 2. The Labute approximate surface area is 118 Å². The van der Waals surface area contributed by atoms with Crippen molar-refractivity contribution < 1.29 is 14.7 Å². The molecular weight excluding hydrogens is 254 g/mol. The van der Waals surface area contributed by atoms with Crippen LogP contribution in [-0.4, -0.2) is 24.5 Å². The number of phenolic OH excluding ortho intramolecular Hbond substituents is 1. The Morgan fingerprint density at radius 2 is 1.90 bits per heavy atom. The van der Waals surface area contributed by atoms with Crippen molar-refractivity contribution in [3.05, 3.63) is 60.2 Å². The first-order valence-corrected chi connectivity index (χ1v) is 6.37. The molecule has 4 nitrogen and oxygen atoms in total. The van der Waals surface area contributed by atoms with Gasteiger partial charge < -0.3 is 14.7 Å². The second-order valence-electron chi connectivity index (χ2n) is 4.24. The monoisotopic (exact) mass is 271 g/mol. The number of ether oxygens (including phenoxy) is 1. The topological polar surface area (TPSA) is 51.0 Å². The van der Waals surface area contributed by atoms with Crippen molar-refractivity contribution in [2.75, 3.05) is 13.7 Å². The van der Waals surface area contributed by atoms with Crippen LogP contribution in [0.25, 0.3) is 0 Å². The van der Waals surface area contributed by atoms with Gasteiger partial charge in [0.15, 0.2) is 5.75 Å². The highest BCUT2D eigenvalue weighted by Crippen LogP contribution is 2.18. The van der Waals surface area contributed by atoms with E-state index >= 15 is 0 Å². The summed E-state index contributed by atoms with van der Waals surface area (Å²) in [6.45, 7) is 0.567. The van der Waals surface area contributed by atoms with Crippen molar-refractivity contribution in [3.8, 4) is 11.5 Å². The summed E-state index contributed by atoms with van der Waals surface area (Å²) in [5.41, 5.74) is 1.79. The van der Waals surface area contributed by atoms with Crippen LogP contribution in [0.4, 0.5) is 0 Å². The summed E-state index contributed by atoms with van der Waals surface area (Å²) in [4.78, 5) is 5.37. The maximum absolute atomic E-state index is 9.39. The molecule has 0 fully saturated rings. The number of hydrogen-bond donors (Lipinski definition) is 1. The van der Waals surface area contributed by atoms with Gasteiger partial charge >= 0.3 is 0 Å². The molecule has 0 amide bonds. The Morgan fingerprint density at radius 1 is 1.10 bits per heavy atom. The van der Waals surface area contributed by atoms with Gasteiger partial charge in [0.25, 0.3) is 0 Å². The molecule has 2 aromatic carbocycles. The maximum Gasteiger partial charge on any atom is 0.161 e. The van der Waals surface area contributed by atoms with E-state index < -0.39 is 0 Å². The average molecular weight is 271 g/mol. The highest BCUT2D eigenvalue weighted by atomic mass is 16.6. The van der Waals surface area contributed by atoms with Crippen molar-refractivity contribution >= 4 is 5.71 Å². The Morgan fingerprint density at radius 3 is 2.60 bits per heavy atom. The molecule has 0 bridgehead atoms. The summed E-state index contributed by atoms with van der Waals surface area (Å²) >= 11 is 0. The molecule has 0 radical (unpaired) electrons. The minimum absolute atomic E-state index is 0.149. The fraction of sp³-hybridized carbons (Fsp3) is 0.188. The normalized spacial score (nSPS) is 11.3. The van der Waals surface area contributed by atoms with E-state index in [0.717, 1.165) is 11.3 Å². The smallest absolute Gasteiger partial charge is 0.161 e. The molecule has 0 aliphatic rings. The molecule has 2 rings (SSSR count). The minimum Gasteiger partial charge on any atom is -0.508 e. The zero-order valence-electron chi connectivity index (χ0n) is 11.3. The van der Waals surface area contributed by atoms with Gasteiger partial charge in [-0.3, -0.25) is 0 Å². The molecule has 0 heterocycles. The summed E-state index contributed by atoms with van der Waals surface area (Å²) in [6.07, 6.45) is 0.652. The molecule has 0 aliphatic heterocycles. The zero-order valence-corrected chi connectivity index (χ0v) is 11.3. The summed E-state index contributed by atoms with van der Waals surface area (Å²) in [7, 11) is 1.65. The third-order valence-electron chi connectivity index (χ3n) is 2.73. The van der Waals surface area contributed by atoms with E-state index in [1.165, 1.54) is 6.07 Å². The van der Waals surface area contributed by atoms with E-state index in [0.29, 0.717) is 18.8 Å². The van der Waals surface area contributed by atoms with Crippen molar-refractivity contribution in [2.24, 2.45) is 5.16 Å². The molecule has 0 atom stereocenters. The lowest BCUT2D eigenvalue weighted by Gasteiger charge is -2.06. The average Bonchev–Trinajstić information content (AvgIpc) is 2.48. The lowest BCUT2D eigenvalue weighted by Crippen LogP contribution is -2.06. The second-order valence-corrected chi connectivity index (χ2v) is 4.24. The molecule has 0 saturated heterocycles. The predicted molar refractivity (Wildman–Crippen MR) is 78.2 cm³/mol. The Bertz CT molecular complexity index is 567. The van der Waals surface area contributed by atoms with E-state index in [4.69, 9.17) is 9.57 Å². The first-order valence-electron chi connectivity index (χ1n) is 6.37. The first kappa shape index (κ1) is 14.1. The van der Waals surface area contributed by atoms with Crippen LogP contribution in [0.2, 0.25) is 0 Å². The summed E-state index contributed by atoms with van der Waals surface area (Å²) in [6, 6.07) is 16.3. The minimum atomic E-state index is 0.149. The Kier molecular flexibility index (Phi) is 5.15. The highest BCUT2D eigenvalue weighted by Gasteiger charge is 2.04. The third kappa shape index (κ3) is 4.10. The van der Waals surface area contributed by atoms with Crippen LogP contribution in [0.5, 0.6) is 11.5 Å². The van der Waals surface area contributed by atoms with Crippen LogP contribution in [0.15, 0.2) is 59.8 Å². The molecule has 104 valence electrons. The summed E-state index contributed by atoms with van der Waals surface area (Å²) in [5.74, 6) is 0.645. The van der Waals surface area contributed by atoms with Gasteiger partial charge in [-0.25, -0.2) is 0 Å². The molecule has 4 heteroatoms. The Hall–Kier alpha value is -2.33. The van der Waals surface area contributed by atoms with Gasteiger partial charge in [0.1, 0.15) is 5.75 Å². The summed E-state index contributed by atoms with van der Waals surface area (Å²) in [5, 5.41) is 13.6. The van der Waals surface area contributed by atoms with Gasteiger partial charge in [-0.1, -0.05) is 41.6 Å². The van der Waals surface area contributed by atoms with Crippen molar-refractivity contribution in [2.45, 2.75) is 6.42 Å². The number of nitrogens with zero attached hydrogens (tertiary/aromatic N) is 1. The van der Waals surface area contributed by atoms with Crippen LogP contribution < -0.4 is 4.84 Å². The number of aromatic hydroxyl groups is 1. The van der Waals surface area contributed by atoms with Crippen LogP contribution in [0.1, 0.15) is 12.0 Å². The number of phenols is 1. The fourth-order valence-corrected chi connectivity index (χ4v) is 1.72. The van der Waals surface area contributed by atoms with Gasteiger partial charge in [-0.2, -0.15) is 0 Å². The van der Waals surface area contributed by atoms with Crippen molar-refractivity contribution in [3.63, 3.8) is 0 Å². The van der Waals surface area contributed by atoms with Crippen LogP contribution in [-0.2, 0) is 4.74 Å². The lowest BCUT2D eigenvalue weighted by atomic mass is 10.1. The zero-order chi connectivity index (χ0) is 14.2. The van der Waals surface area contributed by atoms with E-state index in [1.54, 1.807) is 25.3 Å². The third-order valence-corrected chi connectivity index (χ3v) is 2.73. The number of rotatable bonds is 6. The lowest BCUT2D eigenvalue weighted by molar-refractivity contribution is 0.206. The quantitative estimate of drug-likeness (QED) is 0.648. The van der Waals surface area contributed by atoms with Crippen molar-refractivity contribution in [1.82, 2.24) is 0 Å². The molecule has 0 spiro atoms. The van der Waals surface area contributed by atoms with Gasteiger partial charge in [0.2, 0.25) is 0 Å². The predicted octanol–water partition coefficient (Wildman–Crippen LogP) is 3.21. The molecule has 0 aromatic heterocycles. The summed E-state index contributed by atoms with van der Waals surface area (Å²) < 4.78 is 5.09. The maximum atomic E-state index is 9.39. The number of methoxy groups -OCH3 is 1. The number of hydrogen-bond acceptors (Lipinski definition) is 4. The van der Waals surface area contributed by atoms with E-state index in [9.17, 15) is 5.11 Å². The standard InChI is InChI=1S/C16H17NO3/c1-19-11-10-16(13-6-3-2-4-7-13)17-20-15-9-5-8-14(18)12-15/h2-9,12,18H,10-11H2,1H3/b17-16+. The molecule has 2 aromatic rings. The number of oxime groups is 1. The van der Waals surface area contributed by atoms with Crippen LogP contribution in [0, 0.1) is 0 Å². The Balaban J connectivity index is 2.16. The van der Waals surface area contributed by atoms with Crippen LogP contribution in [0.3, 0.4) is 0 Å². The van der Waals surface area contributed by atoms with Gasteiger partial charge in [0.05, 0.1) is 12.3 Å².